The van der Waals surface area contributed by atoms with E-state index in [-0.39, 0.29) is 5.54 Å². The van der Waals surface area contributed by atoms with E-state index < -0.39 is 0 Å². The molecule has 1 aromatic heterocycles. The Labute approximate surface area is 165 Å². The molecule has 0 spiro atoms. The predicted octanol–water partition coefficient (Wildman–Crippen LogP) is 4.56. The van der Waals surface area contributed by atoms with Gasteiger partial charge >= 0.3 is 0 Å². The molecule has 1 aliphatic rings. The number of hydrogen-bond donors (Lipinski definition) is 1. The first-order valence-electron chi connectivity index (χ1n) is 9.90. The zero-order valence-electron chi connectivity index (χ0n) is 16.8. The number of nitrogens with one attached hydrogen (secondary N) is 1. The summed E-state index contributed by atoms with van der Waals surface area (Å²) >= 11 is 0. The quantitative estimate of drug-likeness (QED) is 0.706. The van der Waals surface area contributed by atoms with Crippen molar-refractivity contribution in [1.29, 1.82) is 0 Å². The van der Waals surface area contributed by atoms with E-state index in [0.717, 1.165) is 48.6 Å². The maximum atomic E-state index is 5.28. The SMILES string of the molecule is COc1ccc(-n2nnnc2C2(Nc3ccc(C)cc3C)CCCCC2)cc1. The van der Waals surface area contributed by atoms with Crippen molar-refractivity contribution in [2.75, 3.05) is 12.4 Å². The third-order valence-corrected chi connectivity index (χ3v) is 5.68. The molecule has 4 rings (SSSR count). The number of aryl methyl sites for hydroxylation is 2. The first-order valence-corrected chi connectivity index (χ1v) is 9.90. The molecule has 0 aliphatic heterocycles. The van der Waals surface area contributed by atoms with Crippen LogP contribution in [-0.2, 0) is 5.54 Å². The number of nitrogens with zero attached hydrogens (tertiary/aromatic N) is 4. The molecule has 6 heteroatoms. The number of anilines is 1. The van der Waals surface area contributed by atoms with E-state index in [1.807, 2.05) is 28.9 Å². The van der Waals surface area contributed by atoms with Crippen LogP contribution in [0.4, 0.5) is 5.69 Å². The number of rotatable bonds is 5. The summed E-state index contributed by atoms with van der Waals surface area (Å²) in [5.74, 6) is 1.69. The fourth-order valence-corrected chi connectivity index (χ4v) is 4.15. The second kappa shape index (κ2) is 7.62. The summed E-state index contributed by atoms with van der Waals surface area (Å²) < 4.78 is 7.14. The summed E-state index contributed by atoms with van der Waals surface area (Å²) in [5.41, 5.74) is 4.32. The lowest BCUT2D eigenvalue weighted by Crippen LogP contribution is -2.40. The van der Waals surface area contributed by atoms with Gasteiger partial charge in [0.1, 0.15) is 5.75 Å². The Morgan fingerprint density at radius 1 is 1.00 bits per heavy atom. The lowest BCUT2D eigenvalue weighted by Gasteiger charge is -2.38. The van der Waals surface area contributed by atoms with Crippen molar-refractivity contribution in [3.8, 4) is 11.4 Å². The number of benzene rings is 2. The predicted molar refractivity (Wildman–Crippen MR) is 110 cm³/mol. The average molecular weight is 377 g/mol. The van der Waals surface area contributed by atoms with Crippen LogP contribution in [0, 0.1) is 13.8 Å². The van der Waals surface area contributed by atoms with Crippen molar-refractivity contribution in [2.45, 2.75) is 51.5 Å². The van der Waals surface area contributed by atoms with Gasteiger partial charge in [0.2, 0.25) is 0 Å². The van der Waals surface area contributed by atoms with Crippen molar-refractivity contribution < 1.29 is 4.74 Å². The molecule has 6 nitrogen and oxygen atoms in total. The van der Waals surface area contributed by atoms with Gasteiger partial charge in [-0.1, -0.05) is 37.0 Å². The number of tetrazole rings is 1. The largest absolute Gasteiger partial charge is 0.497 e. The lowest BCUT2D eigenvalue weighted by atomic mass is 9.80. The molecule has 0 bridgehead atoms. The Morgan fingerprint density at radius 2 is 1.75 bits per heavy atom. The zero-order chi connectivity index (χ0) is 19.6. The minimum absolute atomic E-state index is 0.276. The van der Waals surface area contributed by atoms with E-state index in [1.54, 1.807) is 7.11 Å². The van der Waals surface area contributed by atoms with Crippen molar-refractivity contribution in [3.05, 3.63) is 59.4 Å². The van der Waals surface area contributed by atoms with Crippen LogP contribution in [0.25, 0.3) is 5.69 Å². The summed E-state index contributed by atoms with van der Waals surface area (Å²) in [7, 11) is 1.67. The monoisotopic (exact) mass is 377 g/mol. The van der Waals surface area contributed by atoms with E-state index in [9.17, 15) is 0 Å². The van der Waals surface area contributed by atoms with Crippen molar-refractivity contribution >= 4 is 5.69 Å². The highest BCUT2D eigenvalue weighted by Crippen LogP contribution is 2.40. The van der Waals surface area contributed by atoms with Gasteiger partial charge in [0.05, 0.1) is 18.3 Å². The van der Waals surface area contributed by atoms with Gasteiger partial charge in [0.15, 0.2) is 5.82 Å². The van der Waals surface area contributed by atoms with Crippen LogP contribution in [-0.4, -0.2) is 27.3 Å². The molecule has 146 valence electrons. The Morgan fingerprint density at radius 3 is 2.43 bits per heavy atom. The smallest absolute Gasteiger partial charge is 0.181 e. The van der Waals surface area contributed by atoms with Crippen LogP contribution in [0.1, 0.15) is 49.1 Å². The summed E-state index contributed by atoms with van der Waals surface area (Å²) in [6, 6.07) is 14.4. The molecule has 1 heterocycles. The van der Waals surface area contributed by atoms with E-state index in [2.05, 4.69) is 52.9 Å². The normalized spacial score (nSPS) is 16.0. The summed E-state index contributed by atoms with van der Waals surface area (Å²) in [6.45, 7) is 4.27. The Kier molecular flexibility index (Phi) is 5.03. The van der Waals surface area contributed by atoms with Crippen LogP contribution in [0.3, 0.4) is 0 Å². The van der Waals surface area contributed by atoms with Gasteiger partial charge < -0.3 is 10.1 Å². The summed E-state index contributed by atoms with van der Waals surface area (Å²) in [4.78, 5) is 0. The second-order valence-corrected chi connectivity index (χ2v) is 7.70. The van der Waals surface area contributed by atoms with E-state index in [0.29, 0.717) is 0 Å². The van der Waals surface area contributed by atoms with Crippen molar-refractivity contribution in [3.63, 3.8) is 0 Å². The van der Waals surface area contributed by atoms with Crippen molar-refractivity contribution in [1.82, 2.24) is 20.2 Å². The maximum absolute atomic E-state index is 5.28. The molecular weight excluding hydrogens is 350 g/mol. The van der Waals surface area contributed by atoms with Crippen LogP contribution < -0.4 is 10.1 Å². The Bertz CT molecular complexity index is 942. The average Bonchev–Trinajstić information content (AvgIpc) is 3.22. The lowest BCUT2D eigenvalue weighted by molar-refractivity contribution is 0.309. The highest BCUT2D eigenvalue weighted by molar-refractivity contribution is 5.54. The molecule has 1 fully saturated rings. The van der Waals surface area contributed by atoms with Crippen molar-refractivity contribution in [2.24, 2.45) is 0 Å². The molecule has 2 aromatic carbocycles. The van der Waals surface area contributed by atoms with Gasteiger partial charge in [0, 0.05) is 5.69 Å². The highest BCUT2D eigenvalue weighted by atomic mass is 16.5. The van der Waals surface area contributed by atoms with Gasteiger partial charge in [-0.05, 0) is 73.0 Å². The molecule has 0 radical (unpaired) electrons. The minimum Gasteiger partial charge on any atom is -0.497 e. The fourth-order valence-electron chi connectivity index (χ4n) is 4.15. The molecule has 1 aliphatic carbocycles. The molecule has 0 atom stereocenters. The number of ether oxygens (including phenoxy) is 1. The summed E-state index contributed by atoms with van der Waals surface area (Å²) in [6.07, 6.45) is 5.59. The standard InChI is InChI=1S/C22H27N5O/c1-16-7-12-20(17(2)15-16)23-22(13-5-4-6-14-22)21-24-25-26-27(21)18-8-10-19(28-3)11-9-18/h7-12,15,23H,4-6,13-14H2,1-3H3. The van der Waals surface area contributed by atoms with Gasteiger partial charge in [-0.2, -0.15) is 4.68 Å². The van der Waals surface area contributed by atoms with Gasteiger partial charge in [-0.3, -0.25) is 0 Å². The molecule has 1 saturated carbocycles. The third-order valence-electron chi connectivity index (χ3n) is 5.68. The first kappa shape index (κ1) is 18.5. The Balaban J connectivity index is 1.75. The molecule has 0 unspecified atom stereocenters. The molecule has 1 N–H and O–H groups in total. The second-order valence-electron chi connectivity index (χ2n) is 7.70. The molecule has 0 saturated heterocycles. The molecule has 0 amide bonds. The van der Waals surface area contributed by atoms with E-state index in [1.165, 1.54) is 17.5 Å². The molecule has 3 aromatic rings. The minimum atomic E-state index is -0.276. The molecular formula is C22H27N5O. The highest BCUT2D eigenvalue weighted by Gasteiger charge is 2.39. The number of hydrogen-bond acceptors (Lipinski definition) is 5. The number of methoxy groups -OCH3 is 1. The van der Waals surface area contributed by atoms with Gasteiger partial charge in [-0.25, -0.2) is 0 Å². The van der Waals surface area contributed by atoms with Crippen LogP contribution in [0.2, 0.25) is 0 Å². The van der Waals surface area contributed by atoms with Crippen LogP contribution in [0.15, 0.2) is 42.5 Å². The van der Waals surface area contributed by atoms with E-state index in [4.69, 9.17) is 4.74 Å². The van der Waals surface area contributed by atoms with Crippen LogP contribution in [0.5, 0.6) is 5.75 Å². The maximum Gasteiger partial charge on any atom is 0.181 e. The molecule has 28 heavy (non-hydrogen) atoms. The van der Waals surface area contributed by atoms with Gasteiger partial charge in [-0.15, -0.1) is 5.10 Å². The Hall–Kier alpha value is -2.89. The summed E-state index contributed by atoms with van der Waals surface area (Å²) in [5, 5.41) is 16.7. The third kappa shape index (κ3) is 3.46. The van der Waals surface area contributed by atoms with Crippen LogP contribution >= 0.6 is 0 Å². The van der Waals surface area contributed by atoms with E-state index >= 15 is 0 Å². The first-order chi connectivity index (χ1) is 13.6. The topological polar surface area (TPSA) is 64.9 Å². The number of aromatic nitrogens is 4. The fraction of sp³-hybridized carbons (Fsp3) is 0.409. The van der Waals surface area contributed by atoms with Gasteiger partial charge in [0.25, 0.3) is 0 Å². The zero-order valence-corrected chi connectivity index (χ0v) is 16.8.